The molecule has 0 radical (unpaired) electrons. The average Bonchev–Trinajstić information content (AvgIpc) is 2.83. The number of fused-ring (bicyclic) bond motifs is 4. The van der Waals surface area contributed by atoms with Crippen LogP contribution < -0.4 is 0 Å². The third kappa shape index (κ3) is 1.51. The molecule has 0 aliphatic heterocycles. The van der Waals surface area contributed by atoms with Crippen molar-refractivity contribution in [2.75, 3.05) is 0 Å². The Hall–Kier alpha value is -1.90. The fourth-order valence-electron chi connectivity index (χ4n) is 2.77. The topological polar surface area (TPSA) is 20.2 Å². The highest BCUT2D eigenvalue weighted by atomic mass is 32.1. The van der Waals surface area contributed by atoms with E-state index in [1.54, 1.807) is 11.3 Å². The Morgan fingerprint density at radius 3 is 2.42 bits per heavy atom. The first-order valence-corrected chi connectivity index (χ1v) is 7.13. The van der Waals surface area contributed by atoms with Gasteiger partial charge in [-0.1, -0.05) is 42.5 Å². The van der Waals surface area contributed by atoms with Gasteiger partial charge in [-0.05, 0) is 22.9 Å². The van der Waals surface area contributed by atoms with E-state index in [0.717, 1.165) is 10.9 Å². The van der Waals surface area contributed by atoms with Crippen LogP contribution in [0.25, 0.3) is 30.9 Å². The zero-order valence-electron chi connectivity index (χ0n) is 10.3. The molecule has 4 rings (SSSR count). The van der Waals surface area contributed by atoms with Gasteiger partial charge in [-0.15, -0.1) is 11.3 Å². The van der Waals surface area contributed by atoms with Crippen molar-refractivity contribution in [1.82, 2.24) is 0 Å². The summed E-state index contributed by atoms with van der Waals surface area (Å²) < 4.78 is 2.49. The maximum Gasteiger partial charge on any atom is 0.0701 e. The van der Waals surface area contributed by atoms with Crippen LogP contribution in [0.2, 0.25) is 0 Å². The Morgan fingerprint density at radius 1 is 0.842 bits per heavy atom. The third-order valence-corrected chi connectivity index (χ3v) is 4.90. The van der Waals surface area contributed by atoms with Gasteiger partial charge >= 0.3 is 0 Å². The van der Waals surface area contributed by atoms with Gasteiger partial charge < -0.3 is 5.11 Å². The zero-order valence-corrected chi connectivity index (χ0v) is 11.1. The lowest BCUT2D eigenvalue weighted by Gasteiger charge is -2.05. The molecule has 1 heterocycles. The molecule has 0 saturated carbocycles. The fourth-order valence-corrected chi connectivity index (χ4v) is 4.00. The molecule has 19 heavy (non-hydrogen) atoms. The first kappa shape index (κ1) is 11.0. The number of hydrogen-bond acceptors (Lipinski definition) is 2. The highest BCUT2D eigenvalue weighted by Gasteiger charge is 2.11. The number of thiophene rings is 1. The number of benzene rings is 3. The van der Waals surface area contributed by atoms with E-state index < -0.39 is 0 Å². The van der Waals surface area contributed by atoms with Gasteiger partial charge in [0, 0.05) is 25.7 Å². The van der Waals surface area contributed by atoms with Crippen molar-refractivity contribution in [3.05, 3.63) is 60.2 Å². The largest absolute Gasteiger partial charge is 0.392 e. The molecule has 0 aliphatic rings. The Balaban J connectivity index is 2.31. The molecule has 4 aromatic rings. The molecule has 1 nitrogen and oxygen atoms in total. The van der Waals surface area contributed by atoms with Gasteiger partial charge in [0.1, 0.15) is 0 Å². The molecule has 3 aromatic carbocycles. The SMILES string of the molecule is OCc1c2ccccc2cc2c1sc1ccccc12. The van der Waals surface area contributed by atoms with Gasteiger partial charge in [0.2, 0.25) is 0 Å². The van der Waals surface area contributed by atoms with Crippen LogP contribution >= 0.6 is 11.3 Å². The molecule has 0 unspecified atom stereocenters. The Bertz CT molecular complexity index is 905. The molecule has 2 heteroatoms. The smallest absolute Gasteiger partial charge is 0.0701 e. The minimum atomic E-state index is 0.0880. The second-order valence-electron chi connectivity index (χ2n) is 4.71. The molecular formula is C17H12OS. The minimum Gasteiger partial charge on any atom is -0.392 e. The summed E-state index contributed by atoms with van der Waals surface area (Å²) in [5, 5.41) is 14.7. The lowest BCUT2D eigenvalue weighted by atomic mass is 10.0. The molecule has 0 aliphatic carbocycles. The molecule has 1 N–H and O–H groups in total. The molecule has 0 amide bonds. The predicted octanol–water partition coefficient (Wildman–Crippen LogP) is 4.70. The summed E-state index contributed by atoms with van der Waals surface area (Å²) in [4.78, 5) is 0. The Labute approximate surface area is 114 Å². The quantitative estimate of drug-likeness (QED) is 0.528. The molecule has 0 saturated heterocycles. The number of hydrogen-bond donors (Lipinski definition) is 1. The predicted molar refractivity (Wildman–Crippen MR) is 82.8 cm³/mol. The first-order chi connectivity index (χ1) is 9.38. The molecule has 0 fully saturated rings. The van der Waals surface area contributed by atoms with Crippen molar-refractivity contribution in [1.29, 1.82) is 0 Å². The standard InChI is InChI=1S/C17H12OS/c18-10-15-12-6-2-1-5-11(12)9-14-13-7-3-4-8-16(13)19-17(14)15/h1-9,18H,10H2. The van der Waals surface area contributed by atoms with Crippen LogP contribution in [0.15, 0.2) is 54.6 Å². The summed E-state index contributed by atoms with van der Waals surface area (Å²) in [7, 11) is 0. The number of aliphatic hydroxyl groups is 1. The van der Waals surface area contributed by atoms with Crippen LogP contribution in [0.3, 0.4) is 0 Å². The van der Waals surface area contributed by atoms with Gasteiger partial charge in [-0.3, -0.25) is 0 Å². The molecule has 0 bridgehead atoms. The Kier molecular flexibility index (Phi) is 2.34. The van der Waals surface area contributed by atoms with E-state index in [1.807, 2.05) is 12.1 Å². The summed E-state index contributed by atoms with van der Waals surface area (Å²) in [5.74, 6) is 0. The molecule has 0 spiro atoms. The van der Waals surface area contributed by atoms with Crippen LogP contribution in [0, 0.1) is 0 Å². The average molecular weight is 264 g/mol. The second-order valence-corrected chi connectivity index (χ2v) is 5.76. The normalized spacial score (nSPS) is 11.6. The van der Waals surface area contributed by atoms with Crippen molar-refractivity contribution in [3.63, 3.8) is 0 Å². The van der Waals surface area contributed by atoms with Crippen LogP contribution in [0.5, 0.6) is 0 Å². The minimum absolute atomic E-state index is 0.0880. The maximum absolute atomic E-state index is 9.77. The van der Waals surface area contributed by atoms with E-state index in [1.165, 1.54) is 25.6 Å². The first-order valence-electron chi connectivity index (χ1n) is 6.31. The summed E-state index contributed by atoms with van der Waals surface area (Å²) in [5.41, 5.74) is 1.05. The van der Waals surface area contributed by atoms with Gasteiger partial charge in [0.05, 0.1) is 6.61 Å². The van der Waals surface area contributed by atoms with Gasteiger partial charge in [-0.25, -0.2) is 0 Å². The highest BCUT2D eigenvalue weighted by Crippen LogP contribution is 2.39. The highest BCUT2D eigenvalue weighted by molar-refractivity contribution is 7.26. The summed E-state index contributed by atoms with van der Waals surface area (Å²) >= 11 is 1.77. The third-order valence-electron chi connectivity index (χ3n) is 3.65. The van der Waals surface area contributed by atoms with Gasteiger partial charge in [0.15, 0.2) is 0 Å². The monoisotopic (exact) mass is 264 g/mol. The van der Waals surface area contributed by atoms with Gasteiger partial charge in [0.25, 0.3) is 0 Å². The lowest BCUT2D eigenvalue weighted by molar-refractivity contribution is 0.285. The van der Waals surface area contributed by atoms with E-state index in [2.05, 4.69) is 42.5 Å². The van der Waals surface area contributed by atoms with Crippen LogP contribution in [-0.2, 0) is 6.61 Å². The van der Waals surface area contributed by atoms with E-state index >= 15 is 0 Å². The zero-order chi connectivity index (χ0) is 12.8. The van der Waals surface area contributed by atoms with Crippen molar-refractivity contribution in [2.45, 2.75) is 6.61 Å². The van der Waals surface area contributed by atoms with Crippen molar-refractivity contribution >= 4 is 42.3 Å². The second kappa shape index (κ2) is 4.05. The molecule has 92 valence electrons. The van der Waals surface area contributed by atoms with Gasteiger partial charge in [-0.2, -0.15) is 0 Å². The summed E-state index contributed by atoms with van der Waals surface area (Å²) in [6.45, 7) is 0.0880. The number of rotatable bonds is 1. The Morgan fingerprint density at radius 2 is 1.58 bits per heavy atom. The van der Waals surface area contributed by atoms with E-state index in [9.17, 15) is 5.11 Å². The van der Waals surface area contributed by atoms with Crippen molar-refractivity contribution in [3.8, 4) is 0 Å². The van der Waals surface area contributed by atoms with E-state index in [-0.39, 0.29) is 6.61 Å². The van der Waals surface area contributed by atoms with Crippen LogP contribution in [0.1, 0.15) is 5.56 Å². The van der Waals surface area contributed by atoms with Crippen molar-refractivity contribution in [2.24, 2.45) is 0 Å². The maximum atomic E-state index is 9.77. The lowest BCUT2D eigenvalue weighted by Crippen LogP contribution is -1.86. The molecule has 0 atom stereocenters. The van der Waals surface area contributed by atoms with Crippen LogP contribution in [-0.4, -0.2) is 5.11 Å². The molecule has 1 aromatic heterocycles. The van der Waals surface area contributed by atoms with E-state index in [4.69, 9.17) is 0 Å². The molecular weight excluding hydrogens is 252 g/mol. The van der Waals surface area contributed by atoms with Crippen molar-refractivity contribution < 1.29 is 5.11 Å². The van der Waals surface area contributed by atoms with Crippen LogP contribution in [0.4, 0.5) is 0 Å². The number of aliphatic hydroxyl groups excluding tert-OH is 1. The summed E-state index contributed by atoms with van der Waals surface area (Å²) in [6, 6.07) is 19.0. The fraction of sp³-hybridized carbons (Fsp3) is 0.0588. The summed E-state index contributed by atoms with van der Waals surface area (Å²) in [6.07, 6.45) is 0. The van der Waals surface area contributed by atoms with E-state index in [0.29, 0.717) is 0 Å².